The number of hydrogen-bond donors (Lipinski definition) is 0. The number of carbonyl (C=O) groups is 2. The van der Waals surface area contributed by atoms with Gasteiger partial charge in [0.05, 0.1) is 5.56 Å². The van der Waals surface area contributed by atoms with E-state index >= 15 is 0 Å². The number of pyridine rings is 1. The quantitative estimate of drug-likeness (QED) is 0.607. The first-order valence-corrected chi connectivity index (χ1v) is 11.5. The Hall–Kier alpha value is -3.61. The number of anilines is 1. The molecule has 1 atom stereocenters. The lowest BCUT2D eigenvalue weighted by Gasteiger charge is -2.30. The number of fused-ring (bicyclic) bond motifs is 1. The van der Waals surface area contributed by atoms with Crippen LogP contribution in [-0.4, -0.2) is 51.3 Å². The zero-order valence-corrected chi connectivity index (χ0v) is 18.8. The summed E-state index contributed by atoms with van der Waals surface area (Å²) in [5.74, 6) is 1.64. The van der Waals surface area contributed by atoms with Gasteiger partial charge < -0.3 is 4.90 Å². The summed E-state index contributed by atoms with van der Waals surface area (Å²) >= 11 is 0. The molecule has 2 aromatic heterocycles. The van der Waals surface area contributed by atoms with E-state index in [0.29, 0.717) is 38.0 Å². The van der Waals surface area contributed by atoms with Crippen molar-refractivity contribution >= 4 is 17.6 Å². The molecule has 0 spiro atoms. The van der Waals surface area contributed by atoms with Crippen LogP contribution in [0.4, 0.5) is 5.82 Å². The first-order valence-electron chi connectivity index (χ1n) is 11.5. The molecule has 5 rings (SSSR count). The van der Waals surface area contributed by atoms with Gasteiger partial charge in [-0.3, -0.25) is 19.5 Å². The summed E-state index contributed by atoms with van der Waals surface area (Å²) in [5, 5.41) is 0. The monoisotopic (exact) mass is 441 g/mol. The fourth-order valence-corrected chi connectivity index (χ4v) is 4.73. The van der Waals surface area contributed by atoms with Gasteiger partial charge in [0.2, 0.25) is 5.91 Å². The minimum absolute atomic E-state index is 0.0139. The Bertz CT molecular complexity index is 1170. The van der Waals surface area contributed by atoms with E-state index in [2.05, 4.69) is 17.1 Å². The predicted octanol–water partition coefficient (Wildman–Crippen LogP) is 3.33. The van der Waals surface area contributed by atoms with E-state index in [9.17, 15) is 9.59 Å². The van der Waals surface area contributed by atoms with Crippen molar-refractivity contribution in [3.63, 3.8) is 0 Å². The van der Waals surface area contributed by atoms with Gasteiger partial charge in [-0.05, 0) is 43.9 Å². The average Bonchev–Trinajstić information content (AvgIpc) is 3.34. The molecule has 2 amide bonds. The molecule has 7 heteroatoms. The van der Waals surface area contributed by atoms with Crippen LogP contribution in [-0.2, 0) is 17.6 Å². The maximum atomic E-state index is 12.8. The molecule has 168 valence electrons. The summed E-state index contributed by atoms with van der Waals surface area (Å²) in [6, 6.07) is 13.8. The van der Waals surface area contributed by atoms with Gasteiger partial charge in [0.15, 0.2) is 0 Å². The Balaban J connectivity index is 1.37. The zero-order chi connectivity index (χ0) is 22.8. The van der Waals surface area contributed by atoms with Gasteiger partial charge in [-0.2, -0.15) is 0 Å². The minimum Gasteiger partial charge on any atom is -0.338 e. The second kappa shape index (κ2) is 9.10. The van der Waals surface area contributed by atoms with E-state index in [-0.39, 0.29) is 17.7 Å². The number of rotatable bonds is 5. The van der Waals surface area contributed by atoms with Crippen LogP contribution >= 0.6 is 0 Å². The molecule has 0 unspecified atom stereocenters. The Labute approximate surface area is 193 Å². The Morgan fingerprint density at radius 2 is 1.94 bits per heavy atom. The van der Waals surface area contributed by atoms with E-state index in [1.165, 1.54) is 5.56 Å². The lowest BCUT2D eigenvalue weighted by molar-refractivity contribution is -0.118. The maximum absolute atomic E-state index is 12.8. The molecule has 4 heterocycles. The van der Waals surface area contributed by atoms with E-state index in [4.69, 9.17) is 9.97 Å². The molecule has 0 aliphatic carbocycles. The van der Waals surface area contributed by atoms with Crippen LogP contribution in [0.5, 0.6) is 0 Å². The molecule has 2 aliphatic heterocycles. The van der Waals surface area contributed by atoms with Crippen molar-refractivity contribution in [2.24, 2.45) is 0 Å². The van der Waals surface area contributed by atoms with Crippen molar-refractivity contribution in [3.8, 4) is 0 Å². The van der Waals surface area contributed by atoms with Gasteiger partial charge in [0, 0.05) is 55.6 Å². The van der Waals surface area contributed by atoms with E-state index in [1.807, 2.05) is 34.9 Å². The van der Waals surface area contributed by atoms with Gasteiger partial charge in [-0.25, -0.2) is 9.97 Å². The largest absolute Gasteiger partial charge is 0.338 e. The normalized spacial score (nSPS) is 17.8. The average molecular weight is 442 g/mol. The second-order valence-corrected chi connectivity index (χ2v) is 8.73. The molecule has 1 aromatic carbocycles. The molecule has 3 aromatic rings. The van der Waals surface area contributed by atoms with Crippen molar-refractivity contribution in [2.45, 2.75) is 38.5 Å². The molecule has 0 radical (unpaired) electrons. The number of aromatic nitrogens is 3. The highest BCUT2D eigenvalue weighted by molar-refractivity contribution is 5.95. The number of amides is 2. The number of hydrogen-bond acceptors (Lipinski definition) is 5. The van der Waals surface area contributed by atoms with Crippen molar-refractivity contribution in [1.82, 2.24) is 19.9 Å². The van der Waals surface area contributed by atoms with Crippen LogP contribution in [0, 0.1) is 6.92 Å². The van der Waals surface area contributed by atoms with Crippen LogP contribution < -0.4 is 4.90 Å². The molecule has 2 aliphatic rings. The number of carbonyl (C=O) groups excluding carboxylic acids is 2. The molecular weight excluding hydrogens is 414 g/mol. The Morgan fingerprint density at radius 1 is 1.09 bits per heavy atom. The topological polar surface area (TPSA) is 79.3 Å². The Morgan fingerprint density at radius 3 is 2.73 bits per heavy atom. The lowest BCUT2D eigenvalue weighted by Crippen LogP contribution is -2.38. The Kier molecular flexibility index (Phi) is 5.86. The number of aryl methyl sites for hydroxylation is 1. The van der Waals surface area contributed by atoms with Crippen molar-refractivity contribution in [3.05, 3.63) is 83.1 Å². The summed E-state index contributed by atoms with van der Waals surface area (Å²) in [5.41, 5.74) is 3.79. The SMILES string of the molecule is Cc1nc([C@H]2CCN(C(=O)c3cccnc3)C2)nc2c1CCC(=O)N2CCc1ccccc1. The number of benzene rings is 1. The van der Waals surface area contributed by atoms with Crippen molar-refractivity contribution < 1.29 is 9.59 Å². The standard InChI is InChI=1S/C26H27N5O2/c1-18-22-9-10-23(32)31(15-11-19-6-3-2-4-7-19)25(22)29-24(28-18)21-12-14-30(17-21)26(33)20-8-5-13-27-16-20/h2-8,13,16,21H,9-12,14-15,17H2,1H3/t21-/m0/s1. The van der Waals surface area contributed by atoms with Crippen LogP contribution in [0.2, 0.25) is 0 Å². The van der Waals surface area contributed by atoms with Gasteiger partial charge in [0.1, 0.15) is 11.6 Å². The molecule has 33 heavy (non-hydrogen) atoms. The summed E-state index contributed by atoms with van der Waals surface area (Å²) in [6.07, 6.45) is 6.02. The third-order valence-electron chi connectivity index (χ3n) is 6.57. The van der Waals surface area contributed by atoms with Gasteiger partial charge >= 0.3 is 0 Å². The summed E-state index contributed by atoms with van der Waals surface area (Å²) in [7, 11) is 0. The maximum Gasteiger partial charge on any atom is 0.255 e. The lowest BCUT2D eigenvalue weighted by atomic mass is 10.0. The third kappa shape index (κ3) is 4.35. The van der Waals surface area contributed by atoms with Crippen LogP contribution in [0.15, 0.2) is 54.9 Å². The number of likely N-dealkylation sites (tertiary alicyclic amines) is 1. The fourth-order valence-electron chi connectivity index (χ4n) is 4.73. The van der Waals surface area contributed by atoms with Gasteiger partial charge in [-0.15, -0.1) is 0 Å². The summed E-state index contributed by atoms with van der Waals surface area (Å²) in [6.45, 7) is 3.84. The predicted molar refractivity (Wildman–Crippen MR) is 125 cm³/mol. The zero-order valence-electron chi connectivity index (χ0n) is 18.8. The van der Waals surface area contributed by atoms with Crippen LogP contribution in [0.3, 0.4) is 0 Å². The third-order valence-corrected chi connectivity index (χ3v) is 6.57. The van der Waals surface area contributed by atoms with E-state index in [0.717, 1.165) is 35.7 Å². The van der Waals surface area contributed by atoms with E-state index < -0.39 is 0 Å². The highest BCUT2D eigenvalue weighted by Crippen LogP contribution is 2.32. The molecule has 0 bridgehead atoms. The molecular formula is C26H27N5O2. The second-order valence-electron chi connectivity index (χ2n) is 8.73. The van der Waals surface area contributed by atoms with E-state index in [1.54, 1.807) is 24.5 Å². The molecule has 1 fully saturated rings. The molecule has 7 nitrogen and oxygen atoms in total. The first-order chi connectivity index (χ1) is 16.1. The number of nitrogens with zero attached hydrogens (tertiary/aromatic N) is 5. The summed E-state index contributed by atoms with van der Waals surface area (Å²) in [4.78, 5) is 43.1. The molecule has 1 saturated heterocycles. The molecule has 0 N–H and O–H groups in total. The van der Waals surface area contributed by atoms with Crippen molar-refractivity contribution in [1.29, 1.82) is 0 Å². The molecule has 0 saturated carbocycles. The van der Waals surface area contributed by atoms with Crippen LogP contribution in [0.1, 0.15) is 51.8 Å². The minimum atomic E-state index is -0.0139. The summed E-state index contributed by atoms with van der Waals surface area (Å²) < 4.78 is 0. The highest BCUT2D eigenvalue weighted by Gasteiger charge is 2.33. The highest BCUT2D eigenvalue weighted by atomic mass is 16.2. The van der Waals surface area contributed by atoms with Crippen molar-refractivity contribution in [2.75, 3.05) is 24.5 Å². The smallest absolute Gasteiger partial charge is 0.255 e. The first kappa shape index (κ1) is 21.2. The van der Waals surface area contributed by atoms with Crippen LogP contribution in [0.25, 0.3) is 0 Å². The van der Waals surface area contributed by atoms with Gasteiger partial charge in [0.25, 0.3) is 5.91 Å². The van der Waals surface area contributed by atoms with Gasteiger partial charge in [-0.1, -0.05) is 30.3 Å². The fraction of sp³-hybridized carbons (Fsp3) is 0.346.